The Labute approximate surface area is 163 Å². The number of guanidine groups is 1. The van der Waals surface area contributed by atoms with Gasteiger partial charge in [0.15, 0.2) is 5.96 Å². The Bertz CT molecular complexity index is 803. The van der Waals surface area contributed by atoms with E-state index in [9.17, 15) is 9.18 Å². The van der Waals surface area contributed by atoms with Crippen molar-refractivity contribution in [1.29, 1.82) is 0 Å². The number of carbonyl (C=O) groups excluding carboxylic acids is 1. The zero-order valence-electron chi connectivity index (χ0n) is 15.7. The number of rotatable bonds is 5. The molecule has 0 bridgehead atoms. The van der Waals surface area contributed by atoms with Gasteiger partial charge in [-0.3, -0.25) is 9.79 Å². The molecule has 0 spiro atoms. The summed E-state index contributed by atoms with van der Waals surface area (Å²) in [6.07, 6.45) is 1.39. The van der Waals surface area contributed by atoms with Crippen LogP contribution < -0.4 is 5.32 Å². The maximum Gasteiger partial charge on any atom is 0.224 e. The van der Waals surface area contributed by atoms with E-state index < -0.39 is 0 Å². The van der Waals surface area contributed by atoms with E-state index in [-0.39, 0.29) is 11.7 Å². The molecule has 1 aromatic carbocycles. The summed E-state index contributed by atoms with van der Waals surface area (Å²) in [4.78, 5) is 22.1. The number of fused-ring (bicyclic) bond motifs is 1. The van der Waals surface area contributed by atoms with Gasteiger partial charge in [-0.05, 0) is 41.1 Å². The van der Waals surface area contributed by atoms with Gasteiger partial charge in [0.2, 0.25) is 5.91 Å². The van der Waals surface area contributed by atoms with Crippen molar-refractivity contribution in [2.75, 3.05) is 27.2 Å². The minimum Gasteiger partial charge on any atom is -0.356 e. The standard InChI is InChI=1S/C20H25FN4OS/c1-22-20(24(2)13-15-3-5-17(21)6-4-15)23-10-7-19(26)25-11-8-18-16(14-25)9-12-27-18/h3-6,9,12H,7-8,10-11,13-14H2,1-2H3,(H,22,23). The summed E-state index contributed by atoms with van der Waals surface area (Å²) in [6, 6.07) is 8.55. The van der Waals surface area contributed by atoms with Crippen LogP contribution in [-0.4, -0.2) is 48.9 Å². The van der Waals surface area contributed by atoms with E-state index in [2.05, 4.69) is 21.8 Å². The number of hydrogen-bond acceptors (Lipinski definition) is 3. The predicted octanol–water partition coefficient (Wildman–Crippen LogP) is 2.87. The molecule has 144 valence electrons. The van der Waals surface area contributed by atoms with Gasteiger partial charge in [0.25, 0.3) is 0 Å². The van der Waals surface area contributed by atoms with E-state index in [0.717, 1.165) is 25.1 Å². The lowest BCUT2D eigenvalue weighted by molar-refractivity contribution is -0.131. The van der Waals surface area contributed by atoms with Crippen LogP contribution in [0.4, 0.5) is 4.39 Å². The van der Waals surface area contributed by atoms with Crippen molar-refractivity contribution in [2.45, 2.75) is 25.9 Å². The van der Waals surface area contributed by atoms with Crippen LogP contribution in [0.15, 0.2) is 40.7 Å². The molecule has 0 fully saturated rings. The van der Waals surface area contributed by atoms with Crippen LogP contribution in [-0.2, 0) is 24.3 Å². The number of nitrogens with one attached hydrogen (secondary N) is 1. The minimum absolute atomic E-state index is 0.163. The smallest absolute Gasteiger partial charge is 0.224 e. The van der Waals surface area contributed by atoms with Crippen molar-refractivity contribution in [1.82, 2.24) is 15.1 Å². The molecule has 0 atom stereocenters. The van der Waals surface area contributed by atoms with Crippen molar-refractivity contribution < 1.29 is 9.18 Å². The predicted molar refractivity (Wildman–Crippen MR) is 107 cm³/mol. The zero-order valence-corrected chi connectivity index (χ0v) is 16.6. The van der Waals surface area contributed by atoms with E-state index >= 15 is 0 Å². The third kappa shape index (κ3) is 5.07. The van der Waals surface area contributed by atoms with Crippen molar-refractivity contribution in [3.63, 3.8) is 0 Å². The third-order valence-electron chi connectivity index (χ3n) is 4.69. The lowest BCUT2D eigenvalue weighted by Crippen LogP contribution is -2.41. The Hall–Kier alpha value is -2.41. The van der Waals surface area contributed by atoms with Crippen LogP contribution >= 0.6 is 11.3 Å². The summed E-state index contributed by atoms with van der Waals surface area (Å²) >= 11 is 1.78. The first kappa shape index (κ1) is 19.4. The fourth-order valence-electron chi connectivity index (χ4n) is 3.22. The van der Waals surface area contributed by atoms with Crippen LogP contribution in [0.25, 0.3) is 0 Å². The summed E-state index contributed by atoms with van der Waals surface area (Å²) in [7, 11) is 3.64. The molecule has 2 aromatic rings. The first-order chi connectivity index (χ1) is 13.1. The van der Waals surface area contributed by atoms with Crippen LogP contribution in [0.3, 0.4) is 0 Å². The Kier molecular flexibility index (Phi) is 6.45. The topological polar surface area (TPSA) is 47.9 Å². The lowest BCUT2D eigenvalue weighted by atomic mass is 10.1. The molecular formula is C20H25FN4OS. The number of aliphatic imine (C=N–C) groups is 1. The van der Waals surface area contributed by atoms with Gasteiger partial charge in [0.05, 0.1) is 0 Å². The number of amides is 1. The molecule has 0 saturated heterocycles. The molecule has 1 aliphatic rings. The second kappa shape index (κ2) is 8.99. The van der Waals surface area contributed by atoms with Crippen LogP contribution in [0.5, 0.6) is 0 Å². The van der Waals surface area contributed by atoms with Gasteiger partial charge < -0.3 is 15.1 Å². The molecule has 27 heavy (non-hydrogen) atoms. The monoisotopic (exact) mass is 388 g/mol. The number of benzene rings is 1. The highest BCUT2D eigenvalue weighted by Crippen LogP contribution is 2.24. The van der Waals surface area contributed by atoms with Crippen molar-refractivity contribution in [2.24, 2.45) is 4.99 Å². The van der Waals surface area contributed by atoms with Gasteiger partial charge in [-0.25, -0.2) is 4.39 Å². The first-order valence-corrected chi connectivity index (χ1v) is 9.94. The van der Waals surface area contributed by atoms with Gasteiger partial charge in [-0.1, -0.05) is 12.1 Å². The summed E-state index contributed by atoms with van der Waals surface area (Å²) in [5.41, 5.74) is 2.28. The second-order valence-corrected chi connectivity index (χ2v) is 7.64. The molecule has 1 N–H and O–H groups in total. The maximum atomic E-state index is 13.0. The maximum absolute atomic E-state index is 13.0. The van der Waals surface area contributed by atoms with Gasteiger partial charge in [-0.15, -0.1) is 11.3 Å². The Morgan fingerprint density at radius 1 is 1.33 bits per heavy atom. The van der Waals surface area contributed by atoms with Gasteiger partial charge in [0, 0.05) is 51.6 Å². The van der Waals surface area contributed by atoms with Crippen LogP contribution in [0, 0.1) is 5.82 Å². The second-order valence-electron chi connectivity index (χ2n) is 6.64. The molecule has 1 aliphatic heterocycles. The van der Waals surface area contributed by atoms with E-state index in [1.165, 1.54) is 22.6 Å². The molecule has 2 heterocycles. The van der Waals surface area contributed by atoms with Gasteiger partial charge in [0.1, 0.15) is 5.82 Å². The van der Waals surface area contributed by atoms with E-state index in [4.69, 9.17) is 0 Å². The largest absolute Gasteiger partial charge is 0.356 e. The van der Waals surface area contributed by atoms with Crippen molar-refractivity contribution in [3.8, 4) is 0 Å². The quantitative estimate of drug-likeness (QED) is 0.633. The molecule has 3 rings (SSSR count). The van der Waals surface area contributed by atoms with E-state index in [1.807, 2.05) is 16.8 Å². The number of carbonyl (C=O) groups is 1. The number of nitrogens with zero attached hydrogens (tertiary/aromatic N) is 3. The third-order valence-corrected chi connectivity index (χ3v) is 5.71. The summed E-state index contributed by atoms with van der Waals surface area (Å²) < 4.78 is 13.0. The highest BCUT2D eigenvalue weighted by Gasteiger charge is 2.21. The van der Waals surface area contributed by atoms with Crippen molar-refractivity contribution in [3.05, 3.63) is 57.5 Å². The van der Waals surface area contributed by atoms with E-state index in [1.54, 1.807) is 30.5 Å². The average molecular weight is 389 g/mol. The lowest BCUT2D eigenvalue weighted by Gasteiger charge is -2.27. The summed E-state index contributed by atoms with van der Waals surface area (Å²) in [5.74, 6) is 0.636. The molecule has 0 aliphatic carbocycles. The fraction of sp³-hybridized carbons (Fsp3) is 0.400. The Morgan fingerprint density at radius 2 is 2.11 bits per heavy atom. The average Bonchev–Trinajstić information content (AvgIpc) is 3.14. The molecular weight excluding hydrogens is 363 g/mol. The van der Waals surface area contributed by atoms with E-state index in [0.29, 0.717) is 25.5 Å². The first-order valence-electron chi connectivity index (χ1n) is 9.06. The highest BCUT2D eigenvalue weighted by atomic mass is 32.1. The SMILES string of the molecule is CN=C(NCCC(=O)N1CCc2sccc2C1)N(C)Cc1ccc(F)cc1. The Balaban J connectivity index is 1.45. The highest BCUT2D eigenvalue weighted by molar-refractivity contribution is 7.10. The molecule has 0 saturated carbocycles. The molecule has 1 amide bonds. The molecule has 1 aromatic heterocycles. The molecule has 0 radical (unpaired) electrons. The van der Waals surface area contributed by atoms with Crippen LogP contribution in [0.1, 0.15) is 22.4 Å². The zero-order chi connectivity index (χ0) is 19.2. The normalized spacial score (nSPS) is 14.0. The van der Waals surface area contributed by atoms with Crippen molar-refractivity contribution >= 4 is 23.2 Å². The Morgan fingerprint density at radius 3 is 2.85 bits per heavy atom. The molecule has 0 unspecified atom stereocenters. The molecule has 7 heteroatoms. The number of halogens is 1. The number of hydrogen-bond donors (Lipinski definition) is 1. The minimum atomic E-state index is -0.241. The summed E-state index contributed by atoms with van der Waals surface area (Å²) in [6.45, 7) is 2.66. The van der Waals surface area contributed by atoms with Gasteiger partial charge in [-0.2, -0.15) is 0 Å². The number of thiophene rings is 1. The van der Waals surface area contributed by atoms with Crippen LogP contribution in [0.2, 0.25) is 0 Å². The summed E-state index contributed by atoms with van der Waals surface area (Å²) in [5, 5.41) is 5.34. The fourth-order valence-corrected chi connectivity index (χ4v) is 4.11. The molecule has 5 nitrogen and oxygen atoms in total. The van der Waals surface area contributed by atoms with Gasteiger partial charge >= 0.3 is 0 Å².